The Kier molecular flexibility index (Phi) is 7.18. The van der Waals surface area contributed by atoms with E-state index in [0.29, 0.717) is 30.2 Å². The quantitative estimate of drug-likeness (QED) is 0.550. The minimum Gasteiger partial charge on any atom is -0.496 e. The normalized spacial score (nSPS) is 17.9. The van der Waals surface area contributed by atoms with Gasteiger partial charge in [0.25, 0.3) is 11.1 Å². The van der Waals surface area contributed by atoms with Crippen molar-refractivity contribution in [3.05, 3.63) is 24.3 Å². The molecule has 1 atom stereocenters. The molecule has 10 heteroatoms. The van der Waals surface area contributed by atoms with E-state index in [1.165, 1.54) is 0 Å². The molecule has 1 fully saturated rings. The molecule has 158 valence electrons. The van der Waals surface area contributed by atoms with E-state index >= 15 is 0 Å². The zero-order valence-corrected chi connectivity index (χ0v) is 18.2. The van der Waals surface area contributed by atoms with E-state index in [0.717, 1.165) is 24.6 Å². The summed E-state index contributed by atoms with van der Waals surface area (Å²) in [6.07, 6.45) is 2.27. The van der Waals surface area contributed by atoms with Crippen molar-refractivity contribution in [1.82, 2.24) is 15.1 Å². The van der Waals surface area contributed by atoms with Crippen molar-refractivity contribution in [2.24, 2.45) is 0 Å². The van der Waals surface area contributed by atoms with Crippen LogP contribution in [0.2, 0.25) is 0 Å². The second kappa shape index (κ2) is 9.62. The first-order valence-electron chi connectivity index (χ1n) is 9.53. The molecule has 1 aromatic carbocycles. The van der Waals surface area contributed by atoms with Gasteiger partial charge in [0.1, 0.15) is 5.75 Å². The van der Waals surface area contributed by atoms with Gasteiger partial charge >= 0.3 is 0 Å². The number of nitrogens with zero attached hydrogens (tertiary/aromatic N) is 3. The van der Waals surface area contributed by atoms with Crippen molar-refractivity contribution in [2.75, 3.05) is 30.9 Å². The first kappa shape index (κ1) is 21.6. The van der Waals surface area contributed by atoms with Crippen LogP contribution in [-0.2, 0) is 14.6 Å². The molecule has 3 rings (SSSR count). The molecular weight excluding hydrogens is 414 g/mol. The van der Waals surface area contributed by atoms with Gasteiger partial charge in [-0.3, -0.25) is 4.79 Å². The van der Waals surface area contributed by atoms with Crippen molar-refractivity contribution in [2.45, 2.75) is 37.5 Å². The van der Waals surface area contributed by atoms with Gasteiger partial charge in [-0.05, 0) is 25.0 Å². The number of unbranched alkanes of at least 4 members (excludes halogenated alkanes) is 1. The summed E-state index contributed by atoms with van der Waals surface area (Å²) >= 11 is 1.16. The van der Waals surface area contributed by atoms with Gasteiger partial charge in [-0.25, -0.2) is 8.42 Å². The minimum atomic E-state index is -3.05. The third kappa shape index (κ3) is 5.51. The average Bonchev–Trinajstić information content (AvgIpc) is 3.33. The molecule has 8 nitrogen and oxygen atoms in total. The van der Waals surface area contributed by atoms with E-state index in [1.807, 2.05) is 25.1 Å². The second-order valence-corrected chi connectivity index (χ2v) is 10.0. The second-order valence-electron chi connectivity index (χ2n) is 6.86. The summed E-state index contributed by atoms with van der Waals surface area (Å²) in [7, 11) is -1.49. The van der Waals surface area contributed by atoms with Gasteiger partial charge < -0.3 is 14.1 Å². The van der Waals surface area contributed by atoms with Gasteiger partial charge in [0.05, 0.1) is 29.9 Å². The molecule has 0 bridgehead atoms. The standard InChI is InChI=1S/C19H25N3O5S2/c1-3-4-10-22(14-9-11-29(24,25)13-14)17(23)12-28-19-21-20-18(27-19)15-7-5-6-8-16(15)26-2/h5-8,14H,3-4,9-13H2,1-2H3. The van der Waals surface area contributed by atoms with Crippen LogP contribution in [0.25, 0.3) is 11.5 Å². The molecule has 1 aliphatic rings. The lowest BCUT2D eigenvalue weighted by atomic mass is 10.2. The topological polar surface area (TPSA) is 103 Å². The first-order chi connectivity index (χ1) is 13.9. The van der Waals surface area contributed by atoms with Crippen LogP contribution < -0.4 is 4.74 Å². The van der Waals surface area contributed by atoms with E-state index in [2.05, 4.69) is 10.2 Å². The zero-order chi connectivity index (χ0) is 20.9. The van der Waals surface area contributed by atoms with E-state index in [4.69, 9.17) is 9.15 Å². The molecule has 1 aliphatic heterocycles. The third-order valence-corrected chi connectivity index (χ3v) is 7.34. The summed E-state index contributed by atoms with van der Waals surface area (Å²) in [5.74, 6) is 1.15. The SMILES string of the molecule is CCCCN(C(=O)CSc1nnc(-c2ccccc2OC)o1)C1CCS(=O)(=O)C1. The molecule has 1 unspecified atom stereocenters. The fourth-order valence-corrected chi connectivity index (χ4v) is 5.65. The molecule has 0 spiro atoms. The van der Waals surface area contributed by atoms with Crippen LogP contribution in [0, 0.1) is 0 Å². The Hall–Kier alpha value is -2.07. The van der Waals surface area contributed by atoms with Crippen molar-refractivity contribution in [1.29, 1.82) is 0 Å². The minimum absolute atomic E-state index is 0.0473. The fraction of sp³-hybridized carbons (Fsp3) is 0.526. The number of hydrogen-bond donors (Lipinski definition) is 0. The zero-order valence-electron chi connectivity index (χ0n) is 16.5. The van der Waals surface area contributed by atoms with E-state index in [9.17, 15) is 13.2 Å². The van der Waals surface area contributed by atoms with Crippen LogP contribution in [0.4, 0.5) is 0 Å². The highest BCUT2D eigenvalue weighted by atomic mass is 32.2. The van der Waals surface area contributed by atoms with Crippen molar-refractivity contribution >= 4 is 27.5 Å². The average molecular weight is 440 g/mol. The van der Waals surface area contributed by atoms with E-state index in [1.54, 1.807) is 18.1 Å². The monoisotopic (exact) mass is 439 g/mol. The Bertz CT molecular complexity index is 945. The van der Waals surface area contributed by atoms with Gasteiger partial charge in [-0.2, -0.15) is 0 Å². The summed E-state index contributed by atoms with van der Waals surface area (Å²) in [6.45, 7) is 2.60. The highest BCUT2D eigenvalue weighted by molar-refractivity contribution is 7.99. The van der Waals surface area contributed by atoms with Gasteiger partial charge in [0.15, 0.2) is 9.84 Å². The molecule has 0 saturated carbocycles. The Morgan fingerprint density at radius 3 is 2.83 bits per heavy atom. The summed E-state index contributed by atoms with van der Waals surface area (Å²) in [4.78, 5) is 14.5. The largest absolute Gasteiger partial charge is 0.496 e. The Morgan fingerprint density at radius 1 is 1.34 bits per heavy atom. The van der Waals surface area contributed by atoms with Gasteiger partial charge in [-0.1, -0.05) is 37.2 Å². The molecule has 1 amide bonds. The van der Waals surface area contributed by atoms with Crippen LogP contribution in [0.5, 0.6) is 5.75 Å². The lowest BCUT2D eigenvalue weighted by Gasteiger charge is -2.28. The molecule has 2 heterocycles. The van der Waals surface area contributed by atoms with E-state index < -0.39 is 9.84 Å². The maximum absolute atomic E-state index is 12.8. The van der Waals surface area contributed by atoms with Crippen LogP contribution >= 0.6 is 11.8 Å². The molecule has 0 N–H and O–H groups in total. The number of methoxy groups -OCH3 is 1. The Morgan fingerprint density at radius 2 is 2.14 bits per heavy atom. The molecule has 0 aliphatic carbocycles. The van der Waals surface area contributed by atoms with Crippen molar-refractivity contribution in [3.63, 3.8) is 0 Å². The predicted octanol–water partition coefficient (Wildman–Crippen LogP) is 2.65. The third-order valence-electron chi connectivity index (χ3n) is 4.79. The summed E-state index contributed by atoms with van der Waals surface area (Å²) in [5, 5.41) is 8.33. The van der Waals surface area contributed by atoms with Crippen molar-refractivity contribution in [3.8, 4) is 17.2 Å². The predicted molar refractivity (Wildman–Crippen MR) is 111 cm³/mol. The number of benzene rings is 1. The summed E-state index contributed by atoms with van der Waals surface area (Å²) in [6, 6.07) is 7.07. The number of amides is 1. The maximum atomic E-state index is 12.8. The first-order valence-corrected chi connectivity index (χ1v) is 12.3. The molecule has 29 heavy (non-hydrogen) atoms. The van der Waals surface area contributed by atoms with Crippen LogP contribution in [0.3, 0.4) is 0 Å². The molecular formula is C19H25N3O5S2. The lowest BCUT2D eigenvalue weighted by molar-refractivity contribution is -0.130. The number of sulfone groups is 1. The van der Waals surface area contributed by atoms with Crippen molar-refractivity contribution < 1.29 is 22.4 Å². The summed E-state index contributed by atoms with van der Waals surface area (Å²) in [5.41, 5.74) is 0.682. The Balaban J connectivity index is 1.65. The van der Waals surface area contributed by atoms with Crippen LogP contribution in [-0.4, -0.2) is 66.4 Å². The van der Waals surface area contributed by atoms with Crippen LogP contribution in [0.15, 0.2) is 33.9 Å². The maximum Gasteiger partial charge on any atom is 0.277 e. The number of aromatic nitrogens is 2. The fourth-order valence-electron chi connectivity index (χ4n) is 3.27. The number of carbonyl (C=O) groups is 1. The lowest BCUT2D eigenvalue weighted by Crippen LogP contribution is -2.42. The van der Waals surface area contributed by atoms with Crippen LogP contribution in [0.1, 0.15) is 26.2 Å². The highest BCUT2D eigenvalue weighted by Crippen LogP contribution is 2.30. The van der Waals surface area contributed by atoms with Gasteiger partial charge in [0, 0.05) is 12.6 Å². The van der Waals surface area contributed by atoms with E-state index in [-0.39, 0.29) is 34.4 Å². The number of para-hydroxylation sites is 1. The number of hydrogen-bond acceptors (Lipinski definition) is 8. The molecule has 1 aromatic heterocycles. The molecule has 0 radical (unpaired) electrons. The number of thioether (sulfide) groups is 1. The molecule has 1 saturated heterocycles. The number of carbonyl (C=O) groups excluding carboxylic acids is 1. The smallest absolute Gasteiger partial charge is 0.277 e. The summed E-state index contributed by atoms with van der Waals surface area (Å²) < 4.78 is 34.6. The van der Waals surface area contributed by atoms with Gasteiger partial charge in [-0.15, -0.1) is 10.2 Å². The number of rotatable bonds is 9. The Labute approximate surface area is 174 Å². The van der Waals surface area contributed by atoms with Gasteiger partial charge in [0.2, 0.25) is 5.91 Å². The highest BCUT2D eigenvalue weighted by Gasteiger charge is 2.34. The number of ether oxygens (including phenoxy) is 1. The molecule has 2 aromatic rings.